The molecule has 0 atom stereocenters. The van der Waals surface area contributed by atoms with Gasteiger partial charge in [0.2, 0.25) is 5.03 Å². The molecule has 1 aromatic carbocycles. The van der Waals surface area contributed by atoms with Gasteiger partial charge in [0.1, 0.15) is 5.56 Å². The third-order valence-electron chi connectivity index (χ3n) is 5.56. The minimum absolute atomic E-state index is 0.00631. The van der Waals surface area contributed by atoms with Gasteiger partial charge in [0.05, 0.1) is 5.69 Å². The summed E-state index contributed by atoms with van der Waals surface area (Å²) in [6.07, 6.45) is 1.43. The van der Waals surface area contributed by atoms with Gasteiger partial charge >= 0.3 is 0 Å². The van der Waals surface area contributed by atoms with Crippen LogP contribution >= 0.6 is 11.6 Å². The van der Waals surface area contributed by atoms with Crippen molar-refractivity contribution in [1.29, 1.82) is 0 Å². The lowest BCUT2D eigenvalue weighted by atomic mass is 10.1. The largest absolute Gasteiger partial charge is 0.369 e. The summed E-state index contributed by atoms with van der Waals surface area (Å²) in [4.78, 5) is 15.2. The third kappa shape index (κ3) is 4.05. The third-order valence-corrected chi connectivity index (χ3v) is 7.63. The number of rotatable bonds is 4. The van der Waals surface area contributed by atoms with Crippen molar-refractivity contribution in [2.45, 2.75) is 25.8 Å². The fourth-order valence-corrected chi connectivity index (χ4v) is 5.67. The van der Waals surface area contributed by atoms with Crippen molar-refractivity contribution < 1.29 is 13.2 Å². The Kier molecular flexibility index (Phi) is 5.87. The van der Waals surface area contributed by atoms with Crippen LogP contribution in [0.5, 0.6) is 0 Å². The van der Waals surface area contributed by atoms with Crippen LogP contribution in [0.15, 0.2) is 35.5 Å². The predicted molar refractivity (Wildman–Crippen MR) is 122 cm³/mol. The van der Waals surface area contributed by atoms with Crippen molar-refractivity contribution in [3.63, 3.8) is 0 Å². The van der Waals surface area contributed by atoms with E-state index in [9.17, 15) is 13.2 Å². The molecular formula is C21H25ClN6O3S. The summed E-state index contributed by atoms with van der Waals surface area (Å²) < 4.78 is 30.8. The summed E-state index contributed by atoms with van der Waals surface area (Å²) in [6.45, 7) is 7.09. The fourth-order valence-electron chi connectivity index (χ4n) is 3.97. The Morgan fingerprint density at radius 2 is 1.72 bits per heavy atom. The second kappa shape index (κ2) is 8.34. The average molecular weight is 477 g/mol. The molecule has 0 spiro atoms. The molecule has 3 aromatic rings. The monoisotopic (exact) mass is 476 g/mol. The molecule has 0 N–H and O–H groups in total. The first-order valence-electron chi connectivity index (χ1n) is 10.2. The number of aryl methyl sites for hydroxylation is 4. The molecule has 0 saturated carbocycles. The van der Waals surface area contributed by atoms with E-state index in [1.165, 1.54) is 19.9 Å². The van der Waals surface area contributed by atoms with E-state index >= 15 is 0 Å². The molecule has 3 heterocycles. The van der Waals surface area contributed by atoms with Gasteiger partial charge in [-0.3, -0.25) is 9.48 Å². The molecule has 0 aliphatic carbocycles. The van der Waals surface area contributed by atoms with E-state index in [0.29, 0.717) is 29.5 Å². The van der Waals surface area contributed by atoms with Crippen LogP contribution in [0.1, 0.15) is 27.3 Å². The van der Waals surface area contributed by atoms with Gasteiger partial charge < -0.3 is 4.90 Å². The molecule has 11 heteroatoms. The van der Waals surface area contributed by atoms with Gasteiger partial charge in [-0.25, -0.2) is 13.1 Å². The maximum Gasteiger partial charge on any atom is 0.283 e. The molecule has 170 valence electrons. The van der Waals surface area contributed by atoms with Crippen LogP contribution in [0, 0.1) is 20.8 Å². The van der Waals surface area contributed by atoms with E-state index in [1.54, 1.807) is 27.0 Å². The van der Waals surface area contributed by atoms with E-state index in [4.69, 9.17) is 11.6 Å². The number of carbonyl (C=O) groups excluding carboxylic acids is 1. The highest BCUT2D eigenvalue weighted by atomic mass is 35.5. The van der Waals surface area contributed by atoms with Crippen LogP contribution in [0.2, 0.25) is 5.02 Å². The van der Waals surface area contributed by atoms with Gasteiger partial charge in [-0.05, 0) is 44.5 Å². The first-order chi connectivity index (χ1) is 15.1. The number of anilines is 1. The first kappa shape index (κ1) is 22.5. The Labute approximate surface area is 192 Å². The van der Waals surface area contributed by atoms with Crippen molar-refractivity contribution in [2.75, 3.05) is 31.1 Å². The smallest absolute Gasteiger partial charge is 0.283 e. The van der Waals surface area contributed by atoms with E-state index in [-0.39, 0.29) is 23.7 Å². The van der Waals surface area contributed by atoms with E-state index in [0.717, 1.165) is 11.3 Å². The standard InChI is InChI=1S/C21H25ClN6O3S/c1-14-5-6-17(22)12-19(14)26-7-9-27(10-8-26)32(30,31)20-18(13-25(4)24-20)21(29)28-16(3)11-15(2)23-28/h5-6,11-13H,7-10H2,1-4H3. The maximum atomic E-state index is 13.4. The van der Waals surface area contributed by atoms with Crippen molar-refractivity contribution in [3.8, 4) is 0 Å². The van der Waals surface area contributed by atoms with Gasteiger partial charge in [0.15, 0.2) is 0 Å². The van der Waals surface area contributed by atoms with Gasteiger partial charge in [-0.15, -0.1) is 0 Å². The summed E-state index contributed by atoms with van der Waals surface area (Å²) >= 11 is 6.15. The van der Waals surface area contributed by atoms with Crippen molar-refractivity contribution in [2.24, 2.45) is 7.05 Å². The average Bonchev–Trinajstić information content (AvgIpc) is 3.31. The quantitative estimate of drug-likeness (QED) is 0.574. The number of aromatic nitrogens is 4. The van der Waals surface area contributed by atoms with Gasteiger partial charge in [-0.1, -0.05) is 17.7 Å². The molecule has 1 saturated heterocycles. The molecule has 0 bridgehead atoms. The Morgan fingerprint density at radius 3 is 2.34 bits per heavy atom. The molecule has 9 nitrogen and oxygen atoms in total. The van der Waals surface area contributed by atoms with E-state index in [2.05, 4.69) is 15.1 Å². The van der Waals surface area contributed by atoms with Crippen LogP contribution < -0.4 is 4.90 Å². The molecule has 0 amide bonds. The highest BCUT2D eigenvalue weighted by Crippen LogP contribution is 2.27. The maximum absolute atomic E-state index is 13.4. The first-order valence-corrected chi connectivity index (χ1v) is 12.0. The SMILES string of the molecule is Cc1cc(C)n(C(=O)c2cn(C)nc2S(=O)(=O)N2CCN(c3cc(Cl)ccc3C)CC2)n1. The summed E-state index contributed by atoms with van der Waals surface area (Å²) in [5.74, 6) is -0.518. The molecule has 32 heavy (non-hydrogen) atoms. The zero-order chi connectivity index (χ0) is 23.2. The number of benzene rings is 1. The van der Waals surface area contributed by atoms with Crippen LogP contribution in [-0.4, -0.2) is 64.4 Å². The molecular weight excluding hydrogens is 452 g/mol. The molecule has 1 aliphatic rings. The number of piperazine rings is 1. The molecule has 4 rings (SSSR count). The molecule has 0 radical (unpaired) electrons. The molecule has 2 aromatic heterocycles. The minimum Gasteiger partial charge on any atom is -0.369 e. The van der Waals surface area contributed by atoms with Gasteiger partial charge in [0.25, 0.3) is 15.9 Å². The summed E-state index contributed by atoms with van der Waals surface area (Å²) in [6, 6.07) is 7.44. The summed E-state index contributed by atoms with van der Waals surface area (Å²) in [5, 5.41) is 8.73. The van der Waals surface area contributed by atoms with Gasteiger partial charge in [0, 0.05) is 55.8 Å². The summed E-state index contributed by atoms with van der Waals surface area (Å²) in [5.41, 5.74) is 3.38. The Morgan fingerprint density at radius 1 is 1.03 bits per heavy atom. The molecule has 1 aliphatic heterocycles. The zero-order valence-corrected chi connectivity index (χ0v) is 20.0. The fraction of sp³-hybridized carbons (Fsp3) is 0.381. The van der Waals surface area contributed by atoms with Crippen LogP contribution in [0.4, 0.5) is 5.69 Å². The van der Waals surface area contributed by atoms with E-state index < -0.39 is 15.9 Å². The molecule has 1 fully saturated rings. The Balaban J connectivity index is 1.59. The Hall–Kier alpha value is -2.69. The van der Waals surface area contributed by atoms with Crippen molar-refractivity contribution in [1.82, 2.24) is 23.9 Å². The lowest BCUT2D eigenvalue weighted by Gasteiger charge is -2.35. The zero-order valence-electron chi connectivity index (χ0n) is 18.4. The van der Waals surface area contributed by atoms with Crippen LogP contribution in [0.25, 0.3) is 0 Å². The Bertz CT molecular complexity index is 1290. The highest BCUT2D eigenvalue weighted by Gasteiger charge is 2.35. The highest BCUT2D eigenvalue weighted by molar-refractivity contribution is 7.89. The number of carbonyl (C=O) groups is 1. The lowest BCUT2D eigenvalue weighted by Crippen LogP contribution is -2.49. The number of halogens is 1. The van der Waals surface area contributed by atoms with Crippen molar-refractivity contribution >= 4 is 33.2 Å². The second-order valence-corrected chi connectivity index (χ2v) is 10.3. The van der Waals surface area contributed by atoms with Gasteiger partial charge in [-0.2, -0.15) is 14.5 Å². The normalized spacial score (nSPS) is 15.3. The van der Waals surface area contributed by atoms with Crippen molar-refractivity contribution in [3.05, 3.63) is 58.0 Å². The minimum atomic E-state index is -3.97. The van der Waals surface area contributed by atoms with Crippen LogP contribution in [-0.2, 0) is 17.1 Å². The number of sulfonamides is 1. The number of nitrogens with zero attached hydrogens (tertiary/aromatic N) is 6. The number of hydrogen-bond acceptors (Lipinski definition) is 6. The second-order valence-electron chi connectivity index (χ2n) is 7.99. The number of hydrogen-bond donors (Lipinski definition) is 0. The van der Waals surface area contributed by atoms with Crippen LogP contribution in [0.3, 0.4) is 0 Å². The predicted octanol–water partition coefficient (Wildman–Crippen LogP) is 2.39. The topological polar surface area (TPSA) is 93.3 Å². The lowest BCUT2D eigenvalue weighted by molar-refractivity contribution is 0.0938. The summed E-state index contributed by atoms with van der Waals surface area (Å²) in [7, 11) is -2.37. The molecule has 0 unspecified atom stereocenters. The van der Waals surface area contributed by atoms with E-state index in [1.807, 2.05) is 25.1 Å².